The summed E-state index contributed by atoms with van der Waals surface area (Å²) in [5.41, 5.74) is 6.14. The van der Waals surface area contributed by atoms with Crippen LogP contribution in [0, 0.1) is 11.3 Å². The van der Waals surface area contributed by atoms with Crippen molar-refractivity contribution in [2.75, 3.05) is 0 Å². The van der Waals surface area contributed by atoms with Gasteiger partial charge < -0.3 is 4.42 Å². The quantitative estimate of drug-likeness (QED) is 0.424. The zero-order valence-electron chi connectivity index (χ0n) is 18.1. The third-order valence-corrected chi connectivity index (χ3v) is 4.81. The molecule has 0 amide bonds. The van der Waals surface area contributed by atoms with Crippen LogP contribution in [0.2, 0.25) is 0 Å². The Morgan fingerprint density at radius 1 is 1.16 bits per heavy atom. The van der Waals surface area contributed by atoms with Crippen LogP contribution in [0.15, 0.2) is 95.2 Å². The number of allylic oxidation sites excluding steroid dienone is 7. The number of hydrogen-bond acceptors (Lipinski definition) is 3. The van der Waals surface area contributed by atoms with E-state index in [1.165, 1.54) is 0 Å². The monoisotopic (exact) mass is 407 g/mol. The average Bonchev–Trinajstić information content (AvgIpc) is 3.38. The van der Waals surface area contributed by atoms with Gasteiger partial charge in [-0.2, -0.15) is 10.4 Å². The van der Waals surface area contributed by atoms with Crippen molar-refractivity contribution in [3.8, 4) is 28.5 Å². The Balaban J connectivity index is 2.08. The Bertz CT molecular complexity index is 1340. The van der Waals surface area contributed by atoms with Gasteiger partial charge >= 0.3 is 0 Å². The summed E-state index contributed by atoms with van der Waals surface area (Å²) in [7, 11) is 1.90. The molecule has 0 fully saturated rings. The second kappa shape index (κ2) is 9.60. The molecule has 0 aliphatic carbocycles. The second-order valence-corrected chi connectivity index (χ2v) is 7.15. The third kappa shape index (κ3) is 4.91. The molecule has 0 spiro atoms. The first-order valence-corrected chi connectivity index (χ1v) is 9.93. The van der Waals surface area contributed by atoms with Crippen molar-refractivity contribution in [2.45, 2.75) is 13.8 Å². The van der Waals surface area contributed by atoms with E-state index < -0.39 is 0 Å². The number of rotatable bonds is 6. The van der Waals surface area contributed by atoms with Crippen molar-refractivity contribution in [3.63, 3.8) is 0 Å². The molecule has 31 heavy (non-hydrogen) atoms. The van der Waals surface area contributed by atoms with E-state index >= 15 is 0 Å². The molecule has 4 heteroatoms. The number of hydrogen-bond donors (Lipinski definition) is 0. The molecule has 0 saturated carbocycles. The molecule has 0 aliphatic rings. The molecule has 3 aromatic rings. The van der Waals surface area contributed by atoms with Crippen molar-refractivity contribution >= 4 is 12.2 Å². The lowest BCUT2D eigenvalue weighted by atomic mass is 10.0. The Labute approximate surface area is 182 Å². The summed E-state index contributed by atoms with van der Waals surface area (Å²) < 4.78 is 8.02. The highest BCUT2D eigenvalue weighted by atomic mass is 16.3. The standard InChI is InChI=1S/C27H25N3O/c1-6-8-25(21(7-2)10-9-19(3)16-28)27-20(4)15-26(31-27)23-13-11-22(12-14-23)24-17-29-30(5)18-24/h6-15,17-18H,2,4H2,1,3,5H3/b8-6-,19-9+,21-10+,27-25-. The summed E-state index contributed by atoms with van der Waals surface area (Å²) in [4.78, 5) is 0. The maximum Gasteiger partial charge on any atom is 0.142 e. The topological polar surface area (TPSA) is 54.8 Å². The van der Waals surface area contributed by atoms with Gasteiger partial charge in [-0.3, -0.25) is 4.68 Å². The molecule has 154 valence electrons. The molecule has 0 saturated heterocycles. The van der Waals surface area contributed by atoms with Crippen LogP contribution in [0.5, 0.6) is 0 Å². The number of nitriles is 1. The lowest BCUT2D eigenvalue weighted by Gasteiger charge is -2.02. The molecule has 0 atom stereocenters. The van der Waals surface area contributed by atoms with Crippen LogP contribution in [0.1, 0.15) is 13.8 Å². The van der Waals surface area contributed by atoms with Gasteiger partial charge in [-0.1, -0.05) is 61.7 Å². The molecular formula is C27H25N3O. The number of aryl methyl sites for hydroxylation is 1. The van der Waals surface area contributed by atoms with E-state index in [9.17, 15) is 0 Å². The molecule has 3 rings (SSSR count). The van der Waals surface area contributed by atoms with Gasteiger partial charge in [0.2, 0.25) is 0 Å². The summed E-state index contributed by atoms with van der Waals surface area (Å²) in [5, 5.41) is 14.0. The lowest BCUT2D eigenvalue weighted by Crippen LogP contribution is -2.20. The first kappa shape index (κ1) is 21.6. The fourth-order valence-electron chi connectivity index (χ4n) is 3.19. The van der Waals surface area contributed by atoms with Gasteiger partial charge in [-0.05, 0) is 37.1 Å². The number of furan rings is 1. The summed E-state index contributed by atoms with van der Waals surface area (Å²) in [6, 6.07) is 12.2. The van der Waals surface area contributed by atoms with Gasteiger partial charge in [0.15, 0.2) is 0 Å². The number of aromatic nitrogens is 2. The van der Waals surface area contributed by atoms with Crippen molar-refractivity contribution < 1.29 is 4.42 Å². The first-order valence-electron chi connectivity index (χ1n) is 9.93. The maximum atomic E-state index is 9.02. The summed E-state index contributed by atoms with van der Waals surface area (Å²) in [6.07, 6.45) is 13.1. The van der Waals surface area contributed by atoms with E-state index in [-0.39, 0.29) is 0 Å². The van der Waals surface area contributed by atoms with Crippen LogP contribution in [0.3, 0.4) is 0 Å². The van der Waals surface area contributed by atoms with Crippen LogP contribution < -0.4 is 10.6 Å². The maximum absolute atomic E-state index is 9.02. The molecule has 2 aromatic heterocycles. The van der Waals surface area contributed by atoms with Gasteiger partial charge in [0.05, 0.1) is 12.3 Å². The van der Waals surface area contributed by atoms with Gasteiger partial charge in [0, 0.05) is 40.7 Å². The SMILES string of the molecule is C=CC(=C\C=C(/C)C#N)/C(/C=C\C)=c1\oc(-c2ccc(-c3cnn(C)c3)cc2)cc1=C. The molecule has 2 heterocycles. The Morgan fingerprint density at radius 3 is 2.45 bits per heavy atom. The molecule has 1 aromatic carbocycles. The van der Waals surface area contributed by atoms with Crippen LogP contribution in [0.4, 0.5) is 0 Å². The van der Waals surface area contributed by atoms with Crippen molar-refractivity contribution in [1.29, 1.82) is 5.26 Å². The van der Waals surface area contributed by atoms with Gasteiger partial charge in [0.25, 0.3) is 0 Å². The van der Waals surface area contributed by atoms with Crippen LogP contribution in [0.25, 0.3) is 34.6 Å². The fourth-order valence-corrected chi connectivity index (χ4v) is 3.19. The van der Waals surface area contributed by atoms with E-state index in [2.05, 4.69) is 36.5 Å². The van der Waals surface area contributed by atoms with E-state index in [0.717, 1.165) is 38.8 Å². The predicted molar refractivity (Wildman–Crippen MR) is 127 cm³/mol. The predicted octanol–water partition coefficient (Wildman–Crippen LogP) is 5.07. The summed E-state index contributed by atoms with van der Waals surface area (Å²) in [6.45, 7) is 11.8. The fraction of sp³-hybridized carbons (Fsp3) is 0.111. The minimum atomic E-state index is 0.614. The Hall–Kier alpha value is -4.10. The molecule has 0 unspecified atom stereocenters. The zero-order chi connectivity index (χ0) is 22.4. The molecule has 4 nitrogen and oxygen atoms in total. The normalized spacial score (nSPS) is 13.4. The Morgan fingerprint density at radius 2 is 1.87 bits per heavy atom. The van der Waals surface area contributed by atoms with Crippen LogP contribution in [-0.4, -0.2) is 9.78 Å². The summed E-state index contributed by atoms with van der Waals surface area (Å²) in [5.74, 6) is 0.742. The largest absolute Gasteiger partial charge is 0.455 e. The van der Waals surface area contributed by atoms with E-state index in [4.69, 9.17) is 9.68 Å². The van der Waals surface area contributed by atoms with Crippen LogP contribution in [-0.2, 0) is 7.05 Å². The second-order valence-electron chi connectivity index (χ2n) is 7.15. The van der Waals surface area contributed by atoms with E-state index in [1.807, 2.05) is 62.8 Å². The average molecular weight is 408 g/mol. The highest BCUT2D eigenvalue weighted by molar-refractivity contribution is 5.76. The van der Waals surface area contributed by atoms with Crippen molar-refractivity contribution in [3.05, 3.63) is 101 Å². The minimum Gasteiger partial charge on any atom is -0.455 e. The number of nitrogens with zero attached hydrogens (tertiary/aromatic N) is 3. The molecule has 0 bridgehead atoms. The summed E-state index contributed by atoms with van der Waals surface area (Å²) >= 11 is 0. The minimum absolute atomic E-state index is 0.614. The van der Waals surface area contributed by atoms with Gasteiger partial charge in [-0.25, -0.2) is 0 Å². The van der Waals surface area contributed by atoms with E-state index in [0.29, 0.717) is 11.0 Å². The highest BCUT2D eigenvalue weighted by Gasteiger charge is 2.09. The molecule has 0 N–H and O–H groups in total. The number of benzene rings is 1. The Kier molecular flexibility index (Phi) is 6.69. The molecule has 0 radical (unpaired) electrons. The molecular weight excluding hydrogens is 382 g/mol. The van der Waals surface area contributed by atoms with Gasteiger partial charge in [-0.15, -0.1) is 0 Å². The zero-order valence-corrected chi connectivity index (χ0v) is 18.1. The van der Waals surface area contributed by atoms with Crippen LogP contribution >= 0.6 is 0 Å². The van der Waals surface area contributed by atoms with E-state index in [1.54, 1.807) is 23.8 Å². The lowest BCUT2D eigenvalue weighted by molar-refractivity contribution is 0.543. The highest BCUT2D eigenvalue weighted by Crippen LogP contribution is 2.24. The smallest absolute Gasteiger partial charge is 0.142 e. The molecule has 0 aliphatic heterocycles. The first-order chi connectivity index (χ1) is 15.0. The third-order valence-electron chi connectivity index (χ3n) is 4.81. The van der Waals surface area contributed by atoms with Crippen molar-refractivity contribution in [2.24, 2.45) is 7.05 Å². The van der Waals surface area contributed by atoms with Gasteiger partial charge in [0.1, 0.15) is 11.2 Å². The van der Waals surface area contributed by atoms with Crippen molar-refractivity contribution in [1.82, 2.24) is 9.78 Å².